The molecule has 0 rings (SSSR count). The van der Waals surface area contributed by atoms with Crippen LogP contribution in [0.25, 0.3) is 0 Å². The van der Waals surface area contributed by atoms with Gasteiger partial charge in [0.25, 0.3) is 0 Å². The zero-order valence-electron chi connectivity index (χ0n) is 5.92. The average molecular weight is 145 g/mol. The molecule has 0 spiro atoms. The highest BCUT2D eigenvalue weighted by molar-refractivity contribution is 5.97. The standard InChI is InChI=1S/C6H10O4/c1-4(6(8)9)5(7)3-10-2/h4H,3H2,1-2H3,(H,8,9)/p-1. The van der Waals surface area contributed by atoms with Crippen molar-refractivity contribution in [2.75, 3.05) is 13.7 Å². The van der Waals surface area contributed by atoms with Gasteiger partial charge in [-0.1, -0.05) is 6.92 Å². The van der Waals surface area contributed by atoms with E-state index in [0.717, 1.165) is 0 Å². The molecule has 4 heteroatoms. The van der Waals surface area contributed by atoms with Crippen LogP contribution in [-0.4, -0.2) is 25.5 Å². The summed E-state index contributed by atoms with van der Waals surface area (Å²) in [5.41, 5.74) is 0. The van der Waals surface area contributed by atoms with Crippen molar-refractivity contribution in [2.24, 2.45) is 5.92 Å². The van der Waals surface area contributed by atoms with E-state index in [9.17, 15) is 14.7 Å². The number of Topliss-reactive ketones (excluding diaryl/α,β-unsaturated/α-hetero) is 1. The Morgan fingerprint density at radius 3 is 2.40 bits per heavy atom. The van der Waals surface area contributed by atoms with E-state index in [0.29, 0.717) is 0 Å². The van der Waals surface area contributed by atoms with Crippen LogP contribution < -0.4 is 5.11 Å². The first kappa shape index (κ1) is 9.10. The Kier molecular flexibility index (Phi) is 3.64. The molecule has 0 aromatic carbocycles. The molecule has 0 saturated carbocycles. The van der Waals surface area contributed by atoms with Gasteiger partial charge in [-0.05, 0) is 0 Å². The van der Waals surface area contributed by atoms with Gasteiger partial charge in [0.2, 0.25) is 0 Å². The van der Waals surface area contributed by atoms with E-state index in [1.165, 1.54) is 14.0 Å². The Morgan fingerprint density at radius 1 is 1.60 bits per heavy atom. The summed E-state index contributed by atoms with van der Waals surface area (Å²) in [6, 6.07) is 0. The lowest BCUT2D eigenvalue weighted by molar-refractivity contribution is -0.309. The number of carboxylic acid groups (broad SMARTS) is 1. The molecule has 1 unspecified atom stereocenters. The Balaban J connectivity index is 3.82. The Hall–Kier alpha value is -0.900. The van der Waals surface area contributed by atoms with Crippen molar-refractivity contribution in [2.45, 2.75) is 6.92 Å². The Bertz CT molecular complexity index is 141. The largest absolute Gasteiger partial charge is 0.549 e. The third kappa shape index (κ3) is 2.59. The lowest BCUT2D eigenvalue weighted by Crippen LogP contribution is -2.35. The zero-order valence-corrected chi connectivity index (χ0v) is 5.92. The molecular weight excluding hydrogens is 136 g/mol. The fraction of sp³-hybridized carbons (Fsp3) is 0.667. The highest BCUT2D eigenvalue weighted by Gasteiger charge is 2.12. The van der Waals surface area contributed by atoms with E-state index in [1.54, 1.807) is 0 Å². The van der Waals surface area contributed by atoms with Crippen LogP contribution in [0, 0.1) is 5.92 Å². The van der Waals surface area contributed by atoms with Crippen LogP contribution >= 0.6 is 0 Å². The maximum absolute atomic E-state index is 10.6. The molecule has 0 amide bonds. The molecule has 0 N–H and O–H groups in total. The third-order valence-electron chi connectivity index (χ3n) is 1.12. The molecule has 0 saturated heterocycles. The third-order valence-corrected chi connectivity index (χ3v) is 1.12. The van der Waals surface area contributed by atoms with E-state index in [4.69, 9.17) is 0 Å². The molecule has 0 aliphatic rings. The predicted octanol–water partition coefficient (Wildman–Crippen LogP) is -1.41. The number of hydrogen-bond acceptors (Lipinski definition) is 4. The predicted molar refractivity (Wildman–Crippen MR) is 31.1 cm³/mol. The Labute approximate surface area is 58.8 Å². The minimum absolute atomic E-state index is 0.171. The molecule has 0 aromatic heterocycles. The van der Waals surface area contributed by atoms with Crippen LogP contribution in [0.2, 0.25) is 0 Å². The van der Waals surface area contributed by atoms with Crippen LogP contribution in [0.15, 0.2) is 0 Å². The van der Waals surface area contributed by atoms with Gasteiger partial charge in [-0.25, -0.2) is 0 Å². The summed E-state index contributed by atoms with van der Waals surface area (Å²) < 4.78 is 4.43. The van der Waals surface area contributed by atoms with Crippen LogP contribution in [0.1, 0.15) is 6.92 Å². The van der Waals surface area contributed by atoms with Gasteiger partial charge in [-0.3, -0.25) is 4.79 Å². The maximum atomic E-state index is 10.6. The molecule has 0 heterocycles. The molecule has 0 aromatic rings. The van der Waals surface area contributed by atoms with Gasteiger partial charge in [-0.15, -0.1) is 0 Å². The van der Waals surface area contributed by atoms with Crippen molar-refractivity contribution >= 4 is 11.8 Å². The maximum Gasteiger partial charge on any atom is 0.166 e. The van der Waals surface area contributed by atoms with Crippen molar-refractivity contribution in [1.82, 2.24) is 0 Å². The summed E-state index contributed by atoms with van der Waals surface area (Å²) in [6.07, 6.45) is 0. The summed E-state index contributed by atoms with van der Waals surface area (Å²) in [5.74, 6) is -2.90. The zero-order chi connectivity index (χ0) is 8.15. The molecule has 0 aliphatic carbocycles. The van der Waals surface area contributed by atoms with Crippen LogP contribution in [0.3, 0.4) is 0 Å². The summed E-state index contributed by atoms with van der Waals surface area (Å²) >= 11 is 0. The molecule has 0 bridgehead atoms. The molecule has 0 fully saturated rings. The van der Waals surface area contributed by atoms with Crippen LogP contribution in [-0.2, 0) is 14.3 Å². The van der Waals surface area contributed by atoms with Gasteiger partial charge in [0.05, 0.1) is 11.9 Å². The minimum atomic E-state index is -1.36. The summed E-state index contributed by atoms with van der Waals surface area (Å²) in [6.45, 7) is 1.10. The number of ketones is 1. The molecule has 10 heavy (non-hydrogen) atoms. The van der Waals surface area contributed by atoms with E-state index in [1.807, 2.05) is 0 Å². The SMILES string of the molecule is COCC(=O)C(C)C(=O)[O-]. The van der Waals surface area contributed by atoms with Gasteiger partial charge in [0.15, 0.2) is 5.78 Å². The van der Waals surface area contributed by atoms with Gasteiger partial charge < -0.3 is 14.6 Å². The van der Waals surface area contributed by atoms with E-state index in [2.05, 4.69) is 4.74 Å². The highest BCUT2D eigenvalue weighted by Crippen LogP contribution is 1.94. The smallest absolute Gasteiger partial charge is 0.166 e. The number of carboxylic acids is 1. The second-order valence-corrected chi connectivity index (χ2v) is 1.94. The summed E-state index contributed by atoms with van der Waals surface area (Å²) in [7, 11) is 1.33. The number of carbonyl (C=O) groups is 2. The summed E-state index contributed by atoms with van der Waals surface area (Å²) in [4.78, 5) is 20.7. The van der Waals surface area contributed by atoms with E-state index >= 15 is 0 Å². The van der Waals surface area contributed by atoms with E-state index < -0.39 is 17.7 Å². The van der Waals surface area contributed by atoms with Gasteiger partial charge in [-0.2, -0.15) is 0 Å². The molecular formula is C6H9O4-. The van der Waals surface area contributed by atoms with Crippen LogP contribution in [0.5, 0.6) is 0 Å². The monoisotopic (exact) mass is 145 g/mol. The first-order chi connectivity index (χ1) is 4.59. The number of hydrogen-bond donors (Lipinski definition) is 0. The second-order valence-electron chi connectivity index (χ2n) is 1.94. The molecule has 0 aliphatic heterocycles. The second kappa shape index (κ2) is 4.00. The van der Waals surface area contributed by atoms with Crippen molar-refractivity contribution in [3.63, 3.8) is 0 Å². The van der Waals surface area contributed by atoms with Gasteiger partial charge in [0, 0.05) is 7.11 Å². The van der Waals surface area contributed by atoms with Crippen LogP contribution in [0.4, 0.5) is 0 Å². The fourth-order valence-electron chi connectivity index (χ4n) is 0.399. The number of aliphatic carboxylic acids is 1. The lowest BCUT2D eigenvalue weighted by Gasteiger charge is -2.09. The highest BCUT2D eigenvalue weighted by atomic mass is 16.5. The number of rotatable bonds is 4. The normalized spacial score (nSPS) is 12.6. The molecule has 4 nitrogen and oxygen atoms in total. The summed E-state index contributed by atoms with van der Waals surface area (Å²) in [5, 5.41) is 10.0. The topological polar surface area (TPSA) is 66.4 Å². The number of carbonyl (C=O) groups excluding carboxylic acids is 2. The number of ether oxygens (including phenoxy) is 1. The van der Waals surface area contributed by atoms with Crippen molar-refractivity contribution in [3.8, 4) is 0 Å². The van der Waals surface area contributed by atoms with Crippen molar-refractivity contribution in [1.29, 1.82) is 0 Å². The molecule has 0 radical (unpaired) electrons. The quantitative estimate of drug-likeness (QED) is 0.456. The molecule has 58 valence electrons. The average Bonchev–Trinajstić information content (AvgIpc) is 1.87. The fourth-order valence-corrected chi connectivity index (χ4v) is 0.399. The minimum Gasteiger partial charge on any atom is -0.549 e. The van der Waals surface area contributed by atoms with Gasteiger partial charge in [0.1, 0.15) is 6.61 Å². The first-order valence-corrected chi connectivity index (χ1v) is 2.82. The van der Waals surface area contributed by atoms with Gasteiger partial charge >= 0.3 is 0 Å². The Morgan fingerprint density at radius 2 is 2.10 bits per heavy atom. The van der Waals surface area contributed by atoms with Crippen molar-refractivity contribution < 1.29 is 19.4 Å². The molecule has 1 atom stereocenters. The van der Waals surface area contributed by atoms with E-state index in [-0.39, 0.29) is 6.61 Å². The first-order valence-electron chi connectivity index (χ1n) is 2.82. The number of methoxy groups -OCH3 is 1. The van der Waals surface area contributed by atoms with Crippen molar-refractivity contribution in [3.05, 3.63) is 0 Å². The lowest BCUT2D eigenvalue weighted by atomic mass is 10.1.